The number of likely N-dealkylation sites (tertiary alicyclic amines) is 1. The van der Waals surface area contributed by atoms with Gasteiger partial charge in [0.1, 0.15) is 11.3 Å². The van der Waals surface area contributed by atoms with E-state index in [0.717, 1.165) is 11.3 Å². The summed E-state index contributed by atoms with van der Waals surface area (Å²) in [5, 5.41) is 0. The molecule has 0 unspecified atom stereocenters. The molecule has 118 valence electrons. The van der Waals surface area contributed by atoms with E-state index in [1.807, 2.05) is 46.6 Å². The number of nitrogens with zero attached hydrogens (tertiary/aromatic N) is 5. The number of carbonyl (C=O) groups excluding carboxylic acids is 1. The number of aryl methyl sites for hydroxylation is 1. The van der Waals surface area contributed by atoms with Gasteiger partial charge in [-0.05, 0) is 12.1 Å². The maximum Gasteiger partial charge on any atom is 0.274 e. The maximum atomic E-state index is 12.7. The standard InChI is InChI=1S/C16H18N6O/c1-20-8-13(18-10-20)11-6-22(7-12(11)17)16(23)14-9-21-5-3-2-4-15(21)19-14/h2-5,8-12H,6-7,17H2,1H3/t11-,12-/m1/s1. The molecule has 1 aliphatic heterocycles. The zero-order valence-electron chi connectivity index (χ0n) is 12.8. The first-order valence-corrected chi connectivity index (χ1v) is 7.58. The van der Waals surface area contributed by atoms with Gasteiger partial charge in [0.25, 0.3) is 5.91 Å². The lowest BCUT2D eigenvalue weighted by atomic mass is 10.0. The van der Waals surface area contributed by atoms with Gasteiger partial charge in [0.2, 0.25) is 0 Å². The Morgan fingerprint density at radius 3 is 2.91 bits per heavy atom. The predicted molar refractivity (Wildman–Crippen MR) is 85.0 cm³/mol. The second-order valence-electron chi connectivity index (χ2n) is 6.04. The molecule has 0 spiro atoms. The van der Waals surface area contributed by atoms with Gasteiger partial charge in [-0.2, -0.15) is 0 Å². The maximum absolute atomic E-state index is 12.7. The van der Waals surface area contributed by atoms with Crippen molar-refractivity contribution in [2.45, 2.75) is 12.0 Å². The molecule has 0 aromatic carbocycles. The first-order chi connectivity index (χ1) is 11.1. The van der Waals surface area contributed by atoms with Crippen molar-refractivity contribution in [2.24, 2.45) is 12.8 Å². The van der Waals surface area contributed by atoms with Crippen LogP contribution in [0.25, 0.3) is 5.65 Å². The summed E-state index contributed by atoms with van der Waals surface area (Å²) in [6.07, 6.45) is 7.36. The van der Waals surface area contributed by atoms with Crippen LogP contribution in [-0.2, 0) is 7.05 Å². The van der Waals surface area contributed by atoms with Gasteiger partial charge in [-0.15, -0.1) is 0 Å². The van der Waals surface area contributed by atoms with Crippen LogP contribution >= 0.6 is 0 Å². The van der Waals surface area contributed by atoms with Gasteiger partial charge in [-0.25, -0.2) is 9.97 Å². The minimum absolute atomic E-state index is 0.0668. The van der Waals surface area contributed by atoms with Crippen LogP contribution in [0.2, 0.25) is 0 Å². The zero-order chi connectivity index (χ0) is 16.0. The summed E-state index contributed by atoms with van der Waals surface area (Å²) in [6, 6.07) is 5.58. The largest absolute Gasteiger partial charge is 0.340 e. The van der Waals surface area contributed by atoms with E-state index in [4.69, 9.17) is 5.73 Å². The fraction of sp³-hybridized carbons (Fsp3) is 0.312. The normalized spacial score (nSPS) is 21.2. The Labute approximate surface area is 133 Å². The van der Waals surface area contributed by atoms with Crippen LogP contribution in [0.4, 0.5) is 0 Å². The van der Waals surface area contributed by atoms with Crippen LogP contribution < -0.4 is 5.73 Å². The van der Waals surface area contributed by atoms with E-state index < -0.39 is 0 Å². The van der Waals surface area contributed by atoms with Gasteiger partial charge < -0.3 is 19.6 Å². The molecule has 0 bridgehead atoms. The highest BCUT2D eigenvalue weighted by molar-refractivity contribution is 5.93. The molecule has 3 aromatic heterocycles. The zero-order valence-corrected chi connectivity index (χ0v) is 12.8. The molecule has 7 heteroatoms. The molecule has 1 saturated heterocycles. The van der Waals surface area contributed by atoms with Crippen LogP contribution in [0.1, 0.15) is 22.1 Å². The van der Waals surface area contributed by atoms with Crippen molar-refractivity contribution in [1.82, 2.24) is 23.8 Å². The molecule has 2 N–H and O–H groups in total. The number of nitrogens with two attached hydrogens (primary N) is 1. The van der Waals surface area contributed by atoms with Crippen molar-refractivity contribution >= 4 is 11.6 Å². The van der Waals surface area contributed by atoms with E-state index in [-0.39, 0.29) is 17.9 Å². The summed E-state index contributed by atoms with van der Waals surface area (Å²) >= 11 is 0. The molecular formula is C16H18N6O. The summed E-state index contributed by atoms with van der Waals surface area (Å²) in [5.41, 5.74) is 8.38. The molecule has 0 radical (unpaired) electrons. The SMILES string of the molecule is Cn1cnc([C@@H]2CN(C(=O)c3cn4ccccc4n3)C[C@H]2N)c1. The van der Waals surface area contributed by atoms with E-state index in [9.17, 15) is 4.79 Å². The lowest BCUT2D eigenvalue weighted by molar-refractivity contribution is 0.0784. The Balaban J connectivity index is 1.57. The number of rotatable bonds is 2. The molecule has 4 rings (SSSR count). The fourth-order valence-corrected chi connectivity index (χ4v) is 3.13. The number of hydrogen-bond donors (Lipinski definition) is 1. The van der Waals surface area contributed by atoms with Gasteiger partial charge in [0, 0.05) is 50.7 Å². The topological polar surface area (TPSA) is 81.5 Å². The van der Waals surface area contributed by atoms with Crippen LogP contribution in [0, 0.1) is 0 Å². The monoisotopic (exact) mass is 310 g/mol. The summed E-state index contributed by atoms with van der Waals surface area (Å²) in [5.74, 6) is -0.0141. The second-order valence-corrected chi connectivity index (χ2v) is 6.04. The molecule has 0 aliphatic carbocycles. The average molecular weight is 310 g/mol. The Hall–Kier alpha value is -2.67. The lowest BCUT2D eigenvalue weighted by Crippen LogP contribution is -2.32. The van der Waals surface area contributed by atoms with E-state index in [0.29, 0.717) is 18.8 Å². The highest BCUT2D eigenvalue weighted by Crippen LogP contribution is 2.26. The lowest BCUT2D eigenvalue weighted by Gasteiger charge is -2.14. The van der Waals surface area contributed by atoms with Gasteiger partial charge in [-0.3, -0.25) is 4.79 Å². The van der Waals surface area contributed by atoms with E-state index in [1.165, 1.54) is 0 Å². The number of fused-ring (bicyclic) bond motifs is 1. The third-order valence-corrected chi connectivity index (χ3v) is 4.34. The number of hydrogen-bond acceptors (Lipinski definition) is 4. The van der Waals surface area contributed by atoms with Crippen molar-refractivity contribution in [3.05, 3.63) is 54.5 Å². The van der Waals surface area contributed by atoms with Crippen molar-refractivity contribution in [2.75, 3.05) is 13.1 Å². The third kappa shape index (κ3) is 2.39. The van der Waals surface area contributed by atoms with Crippen molar-refractivity contribution in [1.29, 1.82) is 0 Å². The van der Waals surface area contributed by atoms with Crippen LogP contribution in [0.3, 0.4) is 0 Å². The van der Waals surface area contributed by atoms with Crippen LogP contribution in [0.5, 0.6) is 0 Å². The van der Waals surface area contributed by atoms with Gasteiger partial charge >= 0.3 is 0 Å². The molecule has 7 nitrogen and oxygen atoms in total. The average Bonchev–Trinajstić information content (AvgIpc) is 3.24. The van der Waals surface area contributed by atoms with Gasteiger partial charge in [0.05, 0.1) is 12.0 Å². The van der Waals surface area contributed by atoms with Crippen LogP contribution in [0.15, 0.2) is 43.1 Å². The third-order valence-electron chi connectivity index (χ3n) is 4.34. The molecule has 3 aromatic rings. The quantitative estimate of drug-likeness (QED) is 0.753. The fourth-order valence-electron chi connectivity index (χ4n) is 3.13. The summed E-state index contributed by atoms with van der Waals surface area (Å²) in [6.45, 7) is 1.10. The second kappa shape index (κ2) is 5.20. The summed E-state index contributed by atoms with van der Waals surface area (Å²) in [4.78, 5) is 23.3. The molecule has 0 saturated carbocycles. The minimum Gasteiger partial charge on any atom is -0.340 e. The number of pyridine rings is 1. The molecule has 1 amide bonds. The smallest absolute Gasteiger partial charge is 0.274 e. The summed E-state index contributed by atoms with van der Waals surface area (Å²) in [7, 11) is 1.93. The Bertz CT molecular complexity index is 833. The minimum atomic E-state index is -0.106. The number of aromatic nitrogens is 4. The summed E-state index contributed by atoms with van der Waals surface area (Å²) < 4.78 is 3.74. The molecule has 23 heavy (non-hydrogen) atoms. The van der Waals surface area contributed by atoms with Gasteiger partial charge in [0.15, 0.2) is 0 Å². The van der Waals surface area contributed by atoms with Crippen molar-refractivity contribution < 1.29 is 4.79 Å². The molecule has 1 fully saturated rings. The van der Waals surface area contributed by atoms with E-state index in [2.05, 4.69) is 9.97 Å². The highest BCUT2D eigenvalue weighted by Gasteiger charge is 2.36. The van der Waals surface area contributed by atoms with Crippen molar-refractivity contribution in [3.63, 3.8) is 0 Å². The number of carbonyl (C=O) groups is 1. The number of imidazole rings is 2. The first-order valence-electron chi connectivity index (χ1n) is 7.58. The molecule has 1 aliphatic rings. The predicted octanol–water partition coefficient (Wildman–Crippen LogP) is 0.635. The Morgan fingerprint density at radius 2 is 2.17 bits per heavy atom. The molecule has 2 atom stereocenters. The molecule has 4 heterocycles. The first kappa shape index (κ1) is 14.0. The Kier molecular flexibility index (Phi) is 3.16. The van der Waals surface area contributed by atoms with E-state index in [1.54, 1.807) is 17.4 Å². The van der Waals surface area contributed by atoms with Crippen LogP contribution in [-0.4, -0.2) is 48.9 Å². The Morgan fingerprint density at radius 1 is 1.30 bits per heavy atom. The van der Waals surface area contributed by atoms with E-state index >= 15 is 0 Å². The van der Waals surface area contributed by atoms with Crippen molar-refractivity contribution in [3.8, 4) is 0 Å². The number of amides is 1. The van der Waals surface area contributed by atoms with Gasteiger partial charge in [-0.1, -0.05) is 6.07 Å². The highest BCUT2D eigenvalue weighted by atomic mass is 16.2. The molecular weight excluding hydrogens is 292 g/mol.